The second kappa shape index (κ2) is 13.8. The Morgan fingerprint density at radius 2 is 1.66 bits per heavy atom. The Balaban J connectivity index is 1.86. The van der Waals surface area contributed by atoms with Crippen molar-refractivity contribution in [3.63, 3.8) is 0 Å². The molecule has 208 valence electrons. The van der Waals surface area contributed by atoms with E-state index in [2.05, 4.69) is 17.6 Å². The molecule has 0 spiro atoms. The number of rotatable bonds is 11. The van der Waals surface area contributed by atoms with E-state index in [4.69, 9.17) is 0 Å². The van der Waals surface area contributed by atoms with Crippen molar-refractivity contribution in [3.8, 4) is 0 Å². The molecule has 0 saturated carbocycles. The topological polar surface area (TPSA) is 81.7 Å². The maximum atomic E-state index is 13.9. The number of aliphatic hydroxyl groups excluding tert-OH is 1. The van der Waals surface area contributed by atoms with E-state index in [0.29, 0.717) is 35.7 Å². The number of benzene rings is 2. The molecule has 2 unspecified atom stereocenters. The van der Waals surface area contributed by atoms with Gasteiger partial charge in [0.2, 0.25) is 0 Å². The second-order valence-electron chi connectivity index (χ2n) is 10.6. The van der Waals surface area contributed by atoms with Crippen LogP contribution in [0, 0.1) is 24.5 Å². The van der Waals surface area contributed by atoms with E-state index in [1.807, 2.05) is 20.8 Å². The van der Waals surface area contributed by atoms with Crippen molar-refractivity contribution < 1.29 is 23.5 Å². The monoisotopic (exact) mass is 529 g/mol. The first-order valence-electron chi connectivity index (χ1n) is 13.7. The van der Waals surface area contributed by atoms with E-state index in [9.17, 15) is 23.5 Å². The van der Waals surface area contributed by atoms with E-state index >= 15 is 0 Å². The summed E-state index contributed by atoms with van der Waals surface area (Å²) in [7, 11) is 0. The van der Waals surface area contributed by atoms with E-state index in [1.54, 1.807) is 23.1 Å². The zero-order chi connectivity index (χ0) is 27.8. The standard InChI is InChI=1S/C30H41F2N3O3/c1-5-9-35(10-6-2)30(38)23-12-20(4)11-22(16-23)29(37)34-27(15-21-13-24(31)17-25(32)14-21)28(36)26-8-7-19(3)18-33-26/h11-14,16-17,19,26-28,33,36H,5-10,15,18H2,1-4H3,(H,34,37)/t19?,26?,27-,28+/m0/s1. The third-order valence-electron chi connectivity index (χ3n) is 7.08. The molecule has 0 radical (unpaired) electrons. The number of hydrogen-bond acceptors (Lipinski definition) is 4. The Kier molecular flexibility index (Phi) is 10.8. The first-order chi connectivity index (χ1) is 18.1. The van der Waals surface area contributed by atoms with Gasteiger partial charge in [-0.3, -0.25) is 9.59 Å². The Labute approximate surface area is 224 Å². The predicted octanol–water partition coefficient (Wildman–Crippen LogP) is 4.63. The highest BCUT2D eigenvalue weighted by Crippen LogP contribution is 2.21. The van der Waals surface area contributed by atoms with Crippen LogP contribution in [0.15, 0.2) is 36.4 Å². The number of halogens is 2. The fraction of sp³-hybridized carbons (Fsp3) is 0.533. The van der Waals surface area contributed by atoms with Crippen LogP contribution in [-0.4, -0.2) is 59.6 Å². The van der Waals surface area contributed by atoms with Crippen LogP contribution in [0.1, 0.15) is 78.3 Å². The van der Waals surface area contributed by atoms with E-state index in [-0.39, 0.29) is 18.4 Å². The molecule has 1 aliphatic heterocycles. The number of aryl methyl sites for hydroxylation is 1. The van der Waals surface area contributed by atoms with Gasteiger partial charge in [-0.1, -0.05) is 20.8 Å². The third kappa shape index (κ3) is 8.08. The molecule has 3 rings (SSSR count). The molecule has 0 bridgehead atoms. The normalized spacial score (nSPS) is 19.0. The number of hydrogen-bond donors (Lipinski definition) is 3. The average molecular weight is 530 g/mol. The van der Waals surface area contributed by atoms with Crippen LogP contribution < -0.4 is 10.6 Å². The first-order valence-corrected chi connectivity index (χ1v) is 13.7. The Hall–Kier alpha value is -2.84. The lowest BCUT2D eigenvalue weighted by molar-refractivity contribution is 0.0608. The van der Waals surface area contributed by atoms with Gasteiger partial charge >= 0.3 is 0 Å². The van der Waals surface area contributed by atoms with Gasteiger partial charge in [-0.15, -0.1) is 0 Å². The van der Waals surface area contributed by atoms with Crippen LogP contribution in [0.2, 0.25) is 0 Å². The number of carbonyl (C=O) groups excluding carboxylic acids is 2. The molecule has 6 nitrogen and oxygen atoms in total. The molecule has 38 heavy (non-hydrogen) atoms. The lowest BCUT2D eigenvalue weighted by Crippen LogP contribution is -2.56. The van der Waals surface area contributed by atoms with E-state index in [0.717, 1.165) is 43.9 Å². The average Bonchev–Trinajstić information content (AvgIpc) is 2.86. The minimum Gasteiger partial charge on any atom is -0.389 e. The summed E-state index contributed by atoms with van der Waals surface area (Å²) in [5.41, 5.74) is 1.84. The quantitative estimate of drug-likeness (QED) is 0.397. The highest BCUT2D eigenvalue weighted by atomic mass is 19.1. The van der Waals surface area contributed by atoms with Crippen molar-refractivity contribution in [2.45, 2.75) is 78.0 Å². The summed E-state index contributed by atoms with van der Waals surface area (Å²) < 4.78 is 27.8. The van der Waals surface area contributed by atoms with Crippen LogP contribution in [0.4, 0.5) is 8.78 Å². The molecule has 2 amide bonds. The predicted molar refractivity (Wildman–Crippen MR) is 145 cm³/mol. The third-order valence-corrected chi connectivity index (χ3v) is 7.08. The molecule has 0 aliphatic carbocycles. The van der Waals surface area contributed by atoms with Crippen molar-refractivity contribution in [3.05, 3.63) is 70.3 Å². The summed E-state index contributed by atoms with van der Waals surface area (Å²) in [5.74, 6) is -1.53. The molecule has 1 saturated heterocycles. The maximum absolute atomic E-state index is 13.9. The van der Waals surface area contributed by atoms with Crippen LogP contribution >= 0.6 is 0 Å². The fourth-order valence-electron chi connectivity index (χ4n) is 5.16. The van der Waals surface area contributed by atoms with Gasteiger partial charge in [-0.05, 0) is 92.9 Å². The maximum Gasteiger partial charge on any atom is 0.253 e. The zero-order valence-electron chi connectivity index (χ0n) is 22.9. The van der Waals surface area contributed by atoms with E-state index < -0.39 is 29.7 Å². The van der Waals surface area contributed by atoms with Crippen molar-refractivity contribution in [2.24, 2.45) is 5.92 Å². The summed E-state index contributed by atoms with van der Waals surface area (Å²) in [5, 5.41) is 17.5. The van der Waals surface area contributed by atoms with Crippen molar-refractivity contribution in [1.29, 1.82) is 0 Å². The number of nitrogens with zero attached hydrogens (tertiary/aromatic N) is 1. The zero-order valence-corrected chi connectivity index (χ0v) is 22.9. The minimum atomic E-state index is -0.978. The number of nitrogens with one attached hydrogen (secondary N) is 2. The Morgan fingerprint density at radius 1 is 1.03 bits per heavy atom. The first kappa shape index (κ1) is 29.7. The molecule has 1 fully saturated rings. The largest absolute Gasteiger partial charge is 0.389 e. The smallest absolute Gasteiger partial charge is 0.253 e. The van der Waals surface area contributed by atoms with Crippen LogP contribution in [-0.2, 0) is 6.42 Å². The number of amides is 2. The molecule has 0 aromatic heterocycles. The lowest BCUT2D eigenvalue weighted by atomic mass is 9.88. The summed E-state index contributed by atoms with van der Waals surface area (Å²) in [4.78, 5) is 28.4. The molecule has 3 N–H and O–H groups in total. The van der Waals surface area contributed by atoms with Gasteiger partial charge in [0.15, 0.2) is 0 Å². The van der Waals surface area contributed by atoms with Crippen molar-refractivity contribution in [2.75, 3.05) is 19.6 Å². The van der Waals surface area contributed by atoms with Crippen molar-refractivity contribution >= 4 is 11.8 Å². The number of carbonyl (C=O) groups is 2. The summed E-state index contributed by atoms with van der Waals surface area (Å²) in [6.45, 7) is 9.99. The van der Waals surface area contributed by atoms with Crippen LogP contribution in [0.5, 0.6) is 0 Å². The van der Waals surface area contributed by atoms with E-state index in [1.165, 1.54) is 12.1 Å². The van der Waals surface area contributed by atoms with Gasteiger partial charge in [0.25, 0.3) is 11.8 Å². The van der Waals surface area contributed by atoms with Gasteiger partial charge in [0.05, 0.1) is 12.1 Å². The molecule has 2 aromatic rings. The highest BCUT2D eigenvalue weighted by Gasteiger charge is 2.32. The van der Waals surface area contributed by atoms with Crippen LogP contribution in [0.25, 0.3) is 0 Å². The Morgan fingerprint density at radius 3 is 2.24 bits per heavy atom. The molecular formula is C30H41F2N3O3. The van der Waals surface area contributed by atoms with Gasteiger partial charge < -0.3 is 20.6 Å². The van der Waals surface area contributed by atoms with Gasteiger partial charge in [0.1, 0.15) is 11.6 Å². The SMILES string of the molecule is CCCN(CCC)C(=O)c1cc(C)cc(C(=O)N[C@@H](Cc2cc(F)cc(F)c2)[C@H](O)C2CCC(C)CN2)c1. The highest BCUT2D eigenvalue weighted by molar-refractivity contribution is 6.00. The molecule has 1 heterocycles. The Bertz CT molecular complexity index is 1080. The van der Waals surface area contributed by atoms with Gasteiger partial charge in [0, 0.05) is 36.3 Å². The lowest BCUT2D eigenvalue weighted by Gasteiger charge is -2.35. The van der Waals surface area contributed by atoms with Gasteiger partial charge in [-0.2, -0.15) is 0 Å². The minimum absolute atomic E-state index is 0.0493. The second-order valence-corrected chi connectivity index (χ2v) is 10.6. The molecule has 8 heteroatoms. The van der Waals surface area contributed by atoms with Crippen LogP contribution in [0.3, 0.4) is 0 Å². The van der Waals surface area contributed by atoms with Crippen molar-refractivity contribution in [1.82, 2.24) is 15.5 Å². The number of piperidine rings is 1. The summed E-state index contributed by atoms with van der Waals surface area (Å²) in [6.07, 6.45) is 2.39. The number of aliphatic hydroxyl groups is 1. The summed E-state index contributed by atoms with van der Waals surface area (Å²) >= 11 is 0. The molecule has 2 aromatic carbocycles. The fourth-order valence-corrected chi connectivity index (χ4v) is 5.16. The molecule has 1 aliphatic rings. The summed E-state index contributed by atoms with van der Waals surface area (Å²) in [6, 6.07) is 7.20. The molecular weight excluding hydrogens is 488 g/mol. The molecule has 4 atom stereocenters. The van der Waals surface area contributed by atoms with Gasteiger partial charge in [-0.25, -0.2) is 8.78 Å².